The number of nitrogens with one attached hydrogen (secondary N) is 2. The number of carbonyl (C=O) groups is 3. The molecule has 25 heavy (non-hydrogen) atoms. The number of benzene rings is 1. The molecule has 2 N–H and O–H groups in total. The van der Waals surface area contributed by atoms with Gasteiger partial charge in [0, 0.05) is 24.7 Å². The molecule has 1 unspecified atom stereocenters. The summed E-state index contributed by atoms with van der Waals surface area (Å²) < 4.78 is 4.84. The van der Waals surface area contributed by atoms with Crippen LogP contribution < -0.4 is 15.5 Å². The van der Waals surface area contributed by atoms with Crippen LogP contribution in [-0.4, -0.2) is 36.0 Å². The predicted molar refractivity (Wildman–Crippen MR) is 89.8 cm³/mol. The molecule has 0 spiro atoms. The third-order valence-electron chi connectivity index (χ3n) is 3.88. The lowest BCUT2D eigenvalue weighted by Gasteiger charge is -2.16. The zero-order chi connectivity index (χ0) is 17.8. The summed E-state index contributed by atoms with van der Waals surface area (Å²) in [6.45, 7) is 1.82. The molecule has 3 rings (SSSR count). The number of hydrogen-bond acceptors (Lipinski definition) is 5. The molecule has 0 saturated carbocycles. The topological polar surface area (TPSA) is 105 Å². The molecule has 0 radical (unpaired) electrons. The Balaban J connectivity index is 1.50. The van der Waals surface area contributed by atoms with Gasteiger partial charge >= 0.3 is 0 Å². The first-order valence-corrected chi connectivity index (χ1v) is 7.89. The van der Waals surface area contributed by atoms with Gasteiger partial charge in [0.2, 0.25) is 17.7 Å². The number of carbonyl (C=O) groups excluding carboxylic acids is 3. The normalized spacial score (nSPS) is 16.8. The van der Waals surface area contributed by atoms with Crippen molar-refractivity contribution in [2.45, 2.75) is 13.3 Å². The zero-order valence-corrected chi connectivity index (χ0v) is 13.7. The number of hydrogen-bond donors (Lipinski definition) is 2. The summed E-state index contributed by atoms with van der Waals surface area (Å²) in [7, 11) is 0. The molecule has 2 aromatic rings. The van der Waals surface area contributed by atoms with Crippen LogP contribution in [0.1, 0.15) is 12.2 Å². The van der Waals surface area contributed by atoms with Crippen molar-refractivity contribution in [3.05, 3.63) is 42.2 Å². The summed E-state index contributed by atoms with van der Waals surface area (Å²) in [4.78, 5) is 37.7. The molecule has 8 heteroatoms. The zero-order valence-electron chi connectivity index (χ0n) is 13.7. The number of nitrogens with zero attached hydrogens (tertiary/aromatic N) is 2. The molecule has 0 bridgehead atoms. The van der Waals surface area contributed by atoms with E-state index in [0.717, 1.165) is 5.69 Å². The third kappa shape index (κ3) is 4.03. The monoisotopic (exact) mass is 342 g/mol. The summed E-state index contributed by atoms with van der Waals surface area (Å²) >= 11 is 0. The fourth-order valence-corrected chi connectivity index (χ4v) is 2.66. The average Bonchev–Trinajstić information content (AvgIpc) is 3.19. The van der Waals surface area contributed by atoms with Crippen LogP contribution in [0.25, 0.3) is 0 Å². The van der Waals surface area contributed by atoms with Gasteiger partial charge in [-0.15, -0.1) is 0 Å². The van der Waals surface area contributed by atoms with Gasteiger partial charge < -0.3 is 20.1 Å². The molecular weight excluding hydrogens is 324 g/mol. The largest absolute Gasteiger partial charge is 0.360 e. The summed E-state index contributed by atoms with van der Waals surface area (Å²) in [6.07, 6.45) is 0.130. The minimum Gasteiger partial charge on any atom is -0.360 e. The van der Waals surface area contributed by atoms with Gasteiger partial charge in [-0.05, 0) is 19.1 Å². The highest BCUT2D eigenvalue weighted by Gasteiger charge is 2.35. The molecule has 130 valence electrons. The van der Waals surface area contributed by atoms with Crippen molar-refractivity contribution in [3.8, 4) is 0 Å². The number of aromatic nitrogens is 1. The first-order valence-electron chi connectivity index (χ1n) is 7.89. The van der Waals surface area contributed by atoms with Crippen LogP contribution in [0.5, 0.6) is 0 Å². The minimum absolute atomic E-state index is 0.103. The molecule has 1 aromatic carbocycles. The van der Waals surface area contributed by atoms with E-state index in [-0.39, 0.29) is 24.8 Å². The summed E-state index contributed by atoms with van der Waals surface area (Å²) in [6, 6.07) is 10.8. The molecule has 1 fully saturated rings. The number of rotatable bonds is 5. The Bertz CT molecular complexity index is 787. The Morgan fingerprint density at radius 3 is 2.76 bits per heavy atom. The lowest BCUT2D eigenvalue weighted by atomic mass is 10.1. The fourth-order valence-electron chi connectivity index (χ4n) is 2.66. The maximum Gasteiger partial charge on any atom is 0.245 e. The highest BCUT2D eigenvalue weighted by Crippen LogP contribution is 2.24. The van der Waals surface area contributed by atoms with Crippen LogP contribution in [-0.2, 0) is 14.4 Å². The number of amides is 3. The van der Waals surface area contributed by atoms with Gasteiger partial charge in [0.15, 0.2) is 5.82 Å². The molecule has 8 nitrogen and oxygen atoms in total. The van der Waals surface area contributed by atoms with Gasteiger partial charge in [-0.2, -0.15) is 0 Å². The highest BCUT2D eigenvalue weighted by molar-refractivity contribution is 6.01. The van der Waals surface area contributed by atoms with E-state index in [1.807, 2.05) is 30.3 Å². The fraction of sp³-hybridized carbons (Fsp3) is 0.294. The standard InChI is InChI=1S/C17H18N4O4/c1-11-7-14(20-25-11)19-15(22)9-18-17(24)12-8-16(23)21(10-12)13-5-3-2-4-6-13/h2-7,12H,8-10H2,1H3,(H,18,24)(H,19,20,22). The Labute approximate surface area is 144 Å². The van der Waals surface area contributed by atoms with E-state index < -0.39 is 11.8 Å². The molecule has 1 saturated heterocycles. The second-order valence-corrected chi connectivity index (χ2v) is 5.83. The van der Waals surface area contributed by atoms with E-state index in [0.29, 0.717) is 18.1 Å². The molecule has 3 amide bonds. The molecular formula is C17H18N4O4. The van der Waals surface area contributed by atoms with Gasteiger partial charge in [-0.3, -0.25) is 14.4 Å². The first kappa shape index (κ1) is 16.7. The SMILES string of the molecule is Cc1cc(NC(=O)CNC(=O)C2CC(=O)N(c3ccccc3)C2)no1. The van der Waals surface area contributed by atoms with E-state index in [2.05, 4.69) is 15.8 Å². The maximum absolute atomic E-state index is 12.2. The van der Waals surface area contributed by atoms with Gasteiger partial charge in [0.05, 0.1) is 12.5 Å². The second kappa shape index (κ2) is 7.16. The second-order valence-electron chi connectivity index (χ2n) is 5.83. The molecule has 1 atom stereocenters. The Morgan fingerprint density at radius 2 is 2.08 bits per heavy atom. The van der Waals surface area contributed by atoms with E-state index in [1.54, 1.807) is 17.9 Å². The van der Waals surface area contributed by atoms with Crippen molar-refractivity contribution in [2.24, 2.45) is 5.92 Å². The number of para-hydroxylation sites is 1. The molecule has 1 aliphatic rings. The average molecular weight is 342 g/mol. The summed E-state index contributed by atoms with van der Waals surface area (Å²) in [5.74, 6) is -0.444. The van der Waals surface area contributed by atoms with Crippen molar-refractivity contribution >= 4 is 29.2 Å². The van der Waals surface area contributed by atoms with Crippen LogP contribution in [0, 0.1) is 12.8 Å². The predicted octanol–water partition coefficient (Wildman–Crippen LogP) is 1.09. The van der Waals surface area contributed by atoms with Crippen LogP contribution >= 0.6 is 0 Å². The van der Waals surface area contributed by atoms with Gasteiger partial charge in [-0.1, -0.05) is 23.4 Å². The van der Waals surface area contributed by atoms with Crippen molar-refractivity contribution in [1.82, 2.24) is 10.5 Å². The highest BCUT2D eigenvalue weighted by atomic mass is 16.5. The van der Waals surface area contributed by atoms with Crippen molar-refractivity contribution in [1.29, 1.82) is 0 Å². The van der Waals surface area contributed by atoms with E-state index in [4.69, 9.17) is 4.52 Å². The third-order valence-corrected chi connectivity index (χ3v) is 3.88. The summed E-state index contributed by atoms with van der Waals surface area (Å²) in [5.41, 5.74) is 0.766. The van der Waals surface area contributed by atoms with Crippen molar-refractivity contribution in [2.75, 3.05) is 23.3 Å². The Morgan fingerprint density at radius 1 is 1.32 bits per heavy atom. The van der Waals surface area contributed by atoms with Gasteiger partial charge in [0.1, 0.15) is 5.76 Å². The van der Waals surface area contributed by atoms with Gasteiger partial charge in [-0.25, -0.2) is 0 Å². The van der Waals surface area contributed by atoms with Gasteiger partial charge in [0.25, 0.3) is 0 Å². The molecule has 2 heterocycles. The molecule has 0 aliphatic carbocycles. The van der Waals surface area contributed by atoms with Crippen LogP contribution in [0.15, 0.2) is 40.9 Å². The van der Waals surface area contributed by atoms with E-state index in [9.17, 15) is 14.4 Å². The lowest BCUT2D eigenvalue weighted by molar-refractivity contribution is -0.127. The number of anilines is 2. The van der Waals surface area contributed by atoms with E-state index in [1.165, 1.54) is 0 Å². The Kier molecular flexibility index (Phi) is 4.78. The van der Waals surface area contributed by atoms with E-state index >= 15 is 0 Å². The smallest absolute Gasteiger partial charge is 0.245 e. The van der Waals surface area contributed by atoms with Crippen molar-refractivity contribution in [3.63, 3.8) is 0 Å². The molecule has 1 aromatic heterocycles. The number of aryl methyl sites for hydroxylation is 1. The van der Waals surface area contributed by atoms with Crippen LogP contribution in [0.2, 0.25) is 0 Å². The maximum atomic E-state index is 12.2. The summed E-state index contributed by atoms with van der Waals surface area (Å²) in [5, 5.41) is 8.71. The quantitative estimate of drug-likeness (QED) is 0.846. The van der Waals surface area contributed by atoms with Crippen LogP contribution in [0.3, 0.4) is 0 Å². The first-order chi connectivity index (χ1) is 12.0. The minimum atomic E-state index is -0.477. The van der Waals surface area contributed by atoms with Crippen molar-refractivity contribution < 1.29 is 18.9 Å². The lowest BCUT2D eigenvalue weighted by Crippen LogP contribution is -2.38. The molecule has 1 aliphatic heterocycles. The van der Waals surface area contributed by atoms with Crippen LogP contribution in [0.4, 0.5) is 11.5 Å². The Hall–Kier alpha value is -3.16.